The Hall–Kier alpha value is -2.89. The monoisotopic (exact) mass is 475 g/mol. The second kappa shape index (κ2) is 8.40. The first-order chi connectivity index (χ1) is 16.4. The van der Waals surface area contributed by atoms with E-state index in [9.17, 15) is 10.1 Å². The number of thiocarbonyl (C=S) groups is 1. The molecule has 0 radical (unpaired) electrons. The molecule has 176 valence electrons. The molecule has 2 heterocycles. The zero-order chi connectivity index (χ0) is 24.1. The second-order valence-electron chi connectivity index (χ2n) is 9.84. The van der Waals surface area contributed by atoms with Gasteiger partial charge in [-0.25, -0.2) is 9.97 Å². The van der Waals surface area contributed by atoms with E-state index in [4.69, 9.17) is 17.0 Å². The summed E-state index contributed by atoms with van der Waals surface area (Å²) >= 11 is 5.76. The highest BCUT2D eigenvalue weighted by Crippen LogP contribution is 2.63. The quantitative estimate of drug-likeness (QED) is 0.677. The molecule has 1 saturated carbocycles. The Morgan fingerprint density at radius 1 is 1.35 bits per heavy atom. The number of ether oxygens (including phenoxy) is 1. The molecule has 3 aliphatic rings. The maximum absolute atomic E-state index is 14.5. The second-order valence-corrected chi connectivity index (χ2v) is 10.2. The molecular formula is C26H29N5O2S. The molecule has 1 saturated heterocycles. The number of methoxy groups -OCH3 is 1. The maximum atomic E-state index is 14.5. The highest BCUT2D eigenvalue weighted by Gasteiger charge is 2.70. The van der Waals surface area contributed by atoms with Crippen molar-refractivity contribution in [2.45, 2.75) is 57.7 Å². The number of aromatic nitrogens is 2. The molecule has 7 nitrogen and oxygen atoms in total. The number of benzene rings is 1. The van der Waals surface area contributed by atoms with Gasteiger partial charge in [-0.1, -0.05) is 26.3 Å². The topological polar surface area (TPSA) is 91.1 Å². The van der Waals surface area contributed by atoms with Crippen LogP contribution < -0.4 is 5.32 Å². The number of hydrogen-bond donors (Lipinski definition) is 1. The number of nitriles is 1. The van der Waals surface area contributed by atoms with Gasteiger partial charge in [-0.2, -0.15) is 5.26 Å². The Labute approximate surface area is 205 Å². The van der Waals surface area contributed by atoms with Gasteiger partial charge in [-0.05, 0) is 72.6 Å². The van der Waals surface area contributed by atoms with E-state index in [0.717, 1.165) is 36.8 Å². The molecule has 2 aliphatic carbocycles. The van der Waals surface area contributed by atoms with E-state index in [1.807, 2.05) is 18.2 Å². The number of carbonyl (C=O) groups is 1. The number of amides is 1. The van der Waals surface area contributed by atoms with Crippen molar-refractivity contribution in [1.82, 2.24) is 20.2 Å². The third kappa shape index (κ3) is 3.10. The summed E-state index contributed by atoms with van der Waals surface area (Å²) in [7, 11) is 1.78. The van der Waals surface area contributed by atoms with Gasteiger partial charge in [0.05, 0.1) is 24.3 Å². The fourth-order valence-electron chi connectivity index (χ4n) is 6.71. The lowest BCUT2D eigenvalue weighted by atomic mass is 9.53. The number of rotatable bonds is 4. The third-order valence-corrected chi connectivity index (χ3v) is 8.75. The van der Waals surface area contributed by atoms with Crippen molar-refractivity contribution in [3.05, 3.63) is 59.2 Å². The van der Waals surface area contributed by atoms with Crippen molar-refractivity contribution in [3.8, 4) is 6.07 Å². The highest BCUT2D eigenvalue weighted by atomic mass is 32.1. The number of carbonyl (C=O) groups excluding carboxylic acids is 1. The largest absolute Gasteiger partial charge is 0.381 e. The van der Waals surface area contributed by atoms with Crippen LogP contribution in [0.2, 0.25) is 0 Å². The smallest absolute Gasteiger partial charge is 0.260 e. The minimum absolute atomic E-state index is 0.0728. The summed E-state index contributed by atoms with van der Waals surface area (Å²) in [6.45, 7) is 4.64. The predicted molar refractivity (Wildman–Crippen MR) is 130 cm³/mol. The summed E-state index contributed by atoms with van der Waals surface area (Å²) < 4.78 is 5.88. The molecule has 2 spiro atoms. The van der Waals surface area contributed by atoms with E-state index in [-0.39, 0.29) is 29.9 Å². The lowest BCUT2D eigenvalue weighted by Crippen LogP contribution is -2.61. The average Bonchev–Trinajstić information content (AvgIpc) is 3.27. The van der Waals surface area contributed by atoms with Gasteiger partial charge < -0.3 is 10.1 Å². The van der Waals surface area contributed by atoms with E-state index >= 15 is 0 Å². The fourth-order valence-corrected chi connectivity index (χ4v) is 7.02. The van der Waals surface area contributed by atoms with Crippen LogP contribution in [0.4, 0.5) is 0 Å². The van der Waals surface area contributed by atoms with Gasteiger partial charge in [0.25, 0.3) is 5.91 Å². The first kappa shape index (κ1) is 22.9. The maximum Gasteiger partial charge on any atom is 0.260 e. The standard InChI is InChI=1S/C26H29N5O2S/c1-4-18-12-25(16(2)10-21(18)33-3)13-19-7-6-17(14-27)11-20(19)26(25)23(32)31(24(34)30-26)15-22-28-8-5-9-29-22/h5-9,11,16,18,21H,4,10,12-13,15H2,1-3H3,(H,30,34)/t16?,18-,21-,25-,26-/m1/s1. The van der Waals surface area contributed by atoms with E-state index in [2.05, 4.69) is 35.2 Å². The molecule has 1 amide bonds. The molecule has 1 aliphatic heterocycles. The van der Waals surface area contributed by atoms with Crippen LogP contribution in [0.5, 0.6) is 0 Å². The molecule has 1 N–H and O–H groups in total. The van der Waals surface area contributed by atoms with Gasteiger partial charge in [0.2, 0.25) is 0 Å². The summed E-state index contributed by atoms with van der Waals surface area (Å²) in [4.78, 5) is 24.7. The van der Waals surface area contributed by atoms with E-state index in [1.54, 1.807) is 30.5 Å². The minimum atomic E-state index is -1.02. The van der Waals surface area contributed by atoms with Gasteiger partial charge in [-0.15, -0.1) is 0 Å². The number of nitrogens with one attached hydrogen (secondary N) is 1. The van der Waals surface area contributed by atoms with Gasteiger partial charge in [0.1, 0.15) is 5.82 Å². The average molecular weight is 476 g/mol. The summed E-state index contributed by atoms with van der Waals surface area (Å²) in [6.07, 6.45) is 6.96. The number of nitrogens with zero attached hydrogens (tertiary/aromatic N) is 4. The fraction of sp³-hybridized carbons (Fsp3) is 0.500. The minimum Gasteiger partial charge on any atom is -0.381 e. The molecule has 2 aromatic rings. The van der Waals surface area contributed by atoms with Gasteiger partial charge >= 0.3 is 0 Å². The van der Waals surface area contributed by atoms with Crippen LogP contribution in [0.15, 0.2) is 36.7 Å². The Balaban J connectivity index is 1.66. The van der Waals surface area contributed by atoms with Gasteiger partial charge in [0, 0.05) is 24.9 Å². The molecule has 1 unspecified atom stereocenters. The van der Waals surface area contributed by atoms with Crippen LogP contribution in [-0.2, 0) is 28.0 Å². The van der Waals surface area contributed by atoms with E-state index in [0.29, 0.717) is 22.4 Å². The summed E-state index contributed by atoms with van der Waals surface area (Å²) in [5, 5.41) is 13.6. The molecular weight excluding hydrogens is 446 g/mol. The van der Waals surface area contributed by atoms with Crippen molar-refractivity contribution in [1.29, 1.82) is 5.26 Å². The molecule has 0 bridgehead atoms. The van der Waals surface area contributed by atoms with Crippen molar-refractivity contribution < 1.29 is 9.53 Å². The van der Waals surface area contributed by atoms with Gasteiger partial charge in [0.15, 0.2) is 10.7 Å². The first-order valence-corrected chi connectivity index (χ1v) is 12.3. The highest BCUT2D eigenvalue weighted by molar-refractivity contribution is 7.80. The molecule has 5 atom stereocenters. The Morgan fingerprint density at radius 3 is 2.79 bits per heavy atom. The SMILES string of the molecule is CC[C@@H]1C[C@@]2(Cc3ccc(C#N)cc3[C@]23NC(=S)N(Cc2ncccn2)C3=O)C(C)C[C@H]1OC. The van der Waals surface area contributed by atoms with Crippen molar-refractivity contribution in [3.63, 3.8) is 0 Å². The van der Waals surface area contributed by atoms with Crippen LogP contribution in [0.3, 0.4) is 0 Å². The van der Waals surface area contributed by atoms with E-state index < -0.39 is 5.54 Å². The Morgan fingerprint density at radius 2 is 2.12 bits per heavy atom. The van der Waals surface area contributed by atoms with Crippen LogP contribution in [0, 0.1) is 28.6 Å². The van der Waals surface area contributed by atoms with Gasteiger partial charge in [-0.3, -0.25) is 9.69 Å². The summed E-state index contributed by atoms with van der Waals surface area (Å²) in [6, 6.07) is 9.75. The van der Waals surface area contributed by atoms with Crippen LogP contribution in [0.1, 0.15) is 55.6 Å². The third-order valence-electron chi connectivity index (χ3n) is 8.43. The number of hydrogen-bond acceptors (Lipinski definition) is 6. The molecule has 1 aromatic heterocycles. The van der Waals surface area contributed by atoms with E-state index in [1.165, 1.54) is 0 Å². The molecule has 8 heteroatoms. The molecule has 1 aromatic carbocycles. The predicted octanol–water partition coefficient (Wildman–Crippen LogP) is 3.47. The summed E-state index contributed by atoms with van der Waals surface area (Å²) in [5.74, 6) is 0.997. The molecule has 2 fully saturated rings. The van der Waals surface area contributed by atoms with Crippen LogP contribution in [0.25, 0.3) is 0 Å². The molecule has 5 rings (SSSR count). The number of fused-ring (bicyclic) bond motifs is 3. The lowest BCUT2D eigenvalue weighted by molar-refractivity contribution is -0.145. The zero-order valence-electron chi connectivity index (χ0n) is 19.7. The van der Waals surface area contributed by atoms with Crippen LogP contribution >= 0.6 is 12.2 Å². The lowest BCUT2D eigenvalue weighted by Gasteiger charge is -2.53. The summed E-state index contributed by atoms with van der Waals surface area (Å²) in [5.41, 5.74) is 1.14. The van der Waals surface area contributed by atoms with Crippen molar-refractivity contribution >= 4 is 23.2 Å². The Bertz CT molecular complexity index is 1180. The zero-order valence-corrected chi connectivity index (χ0v) is 20.6. The first-order valence-electron chi connectivity index (χ1n) is 11.9. The van der Waals surface area contributed by atoms with Crippen LogP contribution in [-0.4, -0.2) is 39.1 Å². The van der Waals surface area contributed by atoms with Crippen molar-refractivity contribution in [2.24, 2.45) is 17.3 Å². The van der Waals surface area contributed by atoms with Crippen molar-refractivity contribution in [2.75, 3.05) is 7.11 Å². The normalized spacial score (nSPS) is 32.2. The Kier molecular flexibility index (Phi) is 5.65. The molecule has 34 heavy (non-hydrogen) atoms.